The lowest BCUT2D eigenvalue weighted by atomic mass is 9.88. The molecule has 1 fully saturated rings. The largest absolute Gasteiger partial charge is 0.335 e. The summed E-state index contributed by atoms with van der Waals surface area (Å²) in [5.41, 5.74) is 6.55. The molecule has 1 aromatic carbocycles. The molecule has 46 heavy (non-hydrogen) atoms. The Hall–Kier alpha value is -5.04. The fourth-order valence-electron chi connectivity index (χ4n) is 6.00. The number of fused-ring (bicyclic) bond motifs is 2. The van der Waals surface area contributed by atoms with E-state index in [0.717, 1.165) is 37.5 Å². The molecule has 1 amide bonds. The van der Waals surface area contributed by atoms with Gasteiger partial charge in [-0.25, -0.2) is 27.8 Å². The molecule has 0 spiro atoms. The highest BCUT2D eigenvalue weighted by Gasteiger charge is 2.22. The molecule has 1 aliphatic carbocycles. The molecule has 0 bridgehead atoms. The van der Waals surface area contributed by atoms with Crippen molar-refractivity contribution in [2.45, 2.75) is 38.5 Å². The van der Waals surface area contributed by atoms with Gasteiger partial charge in [-0.2, -0.15) is 5.10 Å². The van der Waals surface area contributed by atoms with Crippen LogP contribution in [0.4, 0.5) is 10.1 Å². The summed E-state index contributed by atoms with van der Waals surface area (Å²) < 4.78 is 38.0. The van der Waals surface area contributed by atoms with E-state index in [-0.39, 0.29) is 24.0 Å². The minimum Gasteiger partial charge on any atom is -0.335 e. The number of nitrogens with one attached hydrogen (secondary N) is 3. The minimum atomic E-state index is -3.20. The molecule has 1 aliphatic rings. The van der Waals surface area contributed by atoms with Gasteiger partial charge in [-0.3, -0.25) is 14.9 Å². The van der Waals surface area contributed by atoms with E-state index < -0.39 is 15.7 Å². The second-order valence-corrected chi connectivity index (χ2v) is 14.1. The lowest BCUT2D eigenvalue weighted by Gasteiger charge is -2.20. The molecule has 0 saturated heterocycles. The molecule has 0 unspecified atom stereocenters. The molecule has 3 N–H and O–H groups in total. The van der Waals surface area contributed by atoms with Crippen molar-refractivity contribution in [2.75, 3.05) is 17.3 Å². The molecule has 5 heterocycles. The number of aromatic amines is 2. The maximum atomic E-state index is 14.6. The Labute approximate surface area is 264 Å². The number of sulfone groups is 1. The first-order valence-electron chi connectivity index (χ1n) is 15.1. The first-order valence-corrected chi connectivity index (χ1v) is 17.2. The highest BCUT2D eigenvalue weighted by molar-refractivity contribution is 7.90. The molecule has 13 heteroatoms. The number of H-pyrrole nitrogens is 2. The monoisotopic (exact) mass is 638 g/mol. The fourth-order valence-corrected chi connectivity index (χ4v) is 6.61. The zero-order valence-corrected chi connectivity index (χ0v) is 25.9. The molecule has 0 aliphatic heterocycles. The number of nitrogens with zero attached hydrogens (tertiary/aromatic N) is 5. The number of carbonyl (C=O) groups excluding carboxylic acids is 1. The predicted octanol–water partition coefficient (Wildman–Crippen LogP) is 5.87. The number of carbonyl (C=O) groups is 1. The van der Waals surface area contributed by atoms with Crippen LogP contribution in [0, 0.1) is 11.7 Å². The summed E-state index contributed by atoms with van der Waals surface area (Å²) in [6.07, 6.45) is 11.4. The van der Waals surface area contributed by atoms with Gasteiger partial charge < -0.3 is 10.3 Å². The standard InChI is InChI=1S/C33H31FN8O3S/c1-46(44,45)12-10-19-13-21(15-23(34)14-19)25-9-11-36-31-28(25)39-32(40-31)30-29-27(41-42-30)8-7-26(38-29)22-16-24(18-35-17-22)37-33(43)20-5-3-2-4-6-20/h7-9,11,13-18,20H,2-6,10,12H2,1H3,(H,37,43)(H,41,42)(H,36,39,40). The number of benzene rings is 1. The molecule has 5 aromatic heterocycles. The number of pyridine rings is 3. The summed E-state index contributed by atoms with van der Waals surface area (Å²) in [6, 6.07) is 11.9. The Balaban J connectivity index is 1.21. The average molecular weight is 639 g/mol. The van der Waals surface area contributed by atoms with Crippen LogP contribution in [0.2, 0.25) is 0 Å². The SMILES string of the molecule is CS(=O)(=O)CCc1cc(F)cc(-c2ccnc3nc(-c4n[nH]c5ccc(-c6cncc(NC(=O)C7CCCCC7)c6)nc45)[nH]c23)c1. The van der Waals surface area contributed by atoms with Gasteiger partial charge in [0.15, 0.2) is 17.2 Å². The molecular formula is C33H31FN8O3S. The van der Waals surface area contributed by atoms with Gasteiger partial charge >= 0.3 is 0 Å². The van der Waals surface area contributed by atoms with Crippen LogP contribution in [0.1, 0.15) is 37.7 Å². The van der Waals surface area contributed by atoms with Crippen molar-refractivity contribution >= 4 is 43.6 Å². The van der Waals surface area contributed by atoms with Crippen LogP contribution in [-0.4, -0.2) is 61.5 Å². The summed E-state index contributed by atoms with van der Waals surface area (Å²) in [7, 11) is -3.20. The van der Waals surface area contributed by atoms with Gasteiger partial charge in [-0.05, 0) is 66.8 Å². The third-order valence-electron chi connectivity index (χ3n) is 8.33. The molecule has 1 saturated carbocycles. The van der Waals surface area contributed by atoms with Gasteiger partial charge in [0.2, 0.25) is 5.91 Å². The topological polar surface area (TPSA) is 159 Å². The summed E-state index contributed by atoms with van der Waals surface area (Å²) in [6.45, 7) is 0. The number of aromatic nitrogens is 7. The van der Waals surface area contributed by atoms with Crippen molar-refractivity contribution in [3.63, 3.8) is 0 Å². The Morgan fingerprint density at radius 3 is 2.70 bits per heavy atom. The van der Waals surface area contributed by atoms with Crippen molar-refractivity contribution in [3.05, 3.63) is 72.4 Å². The number of hydrogen-bond acceptors (Lipinski definition) is 8. The second-order valence-electron chi connectivity index (χ2n) is 11.8. The normalized spacial score (nSPS) is 14.2. The van der Waals surface area contributed by atoms with Crippen molar-refractivity contribution in [3.8, 4) is 33.9 Å². The lowest BCUT2D eigenvalue weighted by molar-refractivity contribution is -0.120. The molecule has 7 rings (SSSR count). The zero-order chi connectivity index (χ0) is 31.8. The first-order chi connectivity index (χ1) is 22.2. The van der Waals surface area contributed by atoms with Gasteiger partial charge in [0, 0.05) is 35.7 Å². The number of halogens is 1. The summed E-state index contributed by atoms with van der Waals surface area (Å²) in [5, 5.41) is 10.5. The molecule has 6 aromatic rings. The van der Waals surface area contributed by atoms with Gasteiger partial charge in [0.05, 0.1) is 34.4 Å². The van der Waals surface area contributed by atoms with E-state index in [9.17, 15) is 17.6 Å². The molecular weight excluding hydrogens is 607 g/mol. The van der Waals surface area contributed by atoms with Gasteiger partial charge in [0.25, 0.3) is 0 Å². The van der Waals surface area contributed by atoms with E-state index in [0.29, 0.717) is 61.8 Å². The predicted molar refractivity (Wildman–Crippen MR) is 174 cm³/mol. The van der Waals surface area contributed by atoms with Crippen molar-refractivity contribution in [2.24, 2.45) is 5.92 Å². The summed E-state index contributed by atoms with van der Waals surface area (Å²) >= 11 is 0. The highest BCUT2D eigenvalue weighted by atomic mass is 32.2. The molecule has 0 atom stereocenters. The number of rotatable bonds is 8. The first kappa shape index (κ1) is 29.7. The Kier molecular flexibility index (Phi) is 7.77. The molecule has 0 radical (unpaired) electrons. The maximum Gasteiger partial charge on any atom is 0.227 e. The smallest absolute Gasteiger partial charge is 0.227 e. The highest BCUT2D eigenvalue weighted by Crippen LogP contribution is 2.32. The Morgan fingerprint density at radius 2 is 1.87 bits per heavy atom. The van der Waals surface area contributed by atoms with E-state index in [4.69, 9.17) is 4.98 Å². The number of anilines is 1. The fraction of sp³-hybridized carbons (Fsp3) is 0.273. The van der Waals surface area contributed by atoms with Crippen LogP contribution in [-0.2, 0) is 21.1 Å². The van der Waals surface area contributed by atoms with Gasteiger partial charge in [0.1, 0.15) is 21.2 Å². The minimum absolute atomic E-state index is 0.0282. The van der Waals surface area contributed by atoms with Crippen LogP contribution >= 0.6 is 0 Å². The Morgan fingerprint density at radius 1 is 1.02 bits per heavy atom. The van der Waals surface area contributed by atoms with Crippen molar-refractivity contribution < 1.29 is 17.6 Å². The van der Waals surface area contributed by atoms with Crippen LogP contribution in [0.5, 0.6) is 0 Å². The quantitative estimate of drug-likeness (QED) is 0.187. The summed E-state index contributed by atoms with van der Waals surface area (Å²) in [5.74, 6) is -0.0616. The van der Waals surface area contributed by atoms with E-state index >= 15 is 0 Å². The van der Waals surface area contributed by atoms with E-state index in [1.165, 1.54) is 18.6 Å². The van der Waals surface area contributed by atoms with Crippen molar-refractivity contribution in [1.82, 2.24) is 35.1 Å². The zero-order valence-electron chi connectivity index (χ0n) is 25.0. The maximum absolute atomic E-state index is 14.6. The van der Waals surface area contributed by atoms with Crippen LogP contribution in [0.15, 0.2) is 61.1 Å². The van der Waals surface area contributed by atoms with Gasteiger partial charge in [-0.15, -0.1) is 0 Å². The molecule has 234 valence electrons. The number of amides is 1. The number of aryl methyl sites for hydroxylation is 1. The Bertz CT molecular complexity index is 2210. The average Bonchev–Trinajstić information content (AvgIpc) is 3.68. The summed E-state index contributed by atoms with van der Waals surface area (Å²) in [4.78, 5) is 34.4. The van der Waals surface area contributed by atoms with Gasteiger partial charge in [-0.1, -0.05) is 25.3 Å². The van der Waals surface area contributed by atoms with Crippen LogP contribution in [0.25, 0.3) is 56.1 Å². The number of imidazole rings is 1. The van der Waals surface area contributed by atoms with E-state index in [1.807, 2.05) is 18.2 Å². The number of hydrogen-bond donors (Lipinski definition) is 3. The molecule has 11 nitrogen and oxygen atoms in total. The third-order valence-corrected chi connectivity index (χ3v) is 9.28. The van der Waals surface area contributed by atoms with E-state index in [2.05, 4.69) is 35.5 Å². The third kappa shape index (κ3) is 6.23. The van der Waals surface area contributed by atoms with Crippen LogP contribution < -0.4 is 5.32 Å². The van der Waals surface area contributed by atoms with Crippen molar-refractivity contribution in [1.29, 1.82) is 0 Å². The van der Waals surface area contributed by atoms with E-state index in [1.54, 1.807) is 30.7 Å². The van der Waals surface area contributed by atoms with Crippen LogP contribution in [0.3, 0.4) is 0 Å². The second kappa shape index (κ2) is 12.0. The lowest BCUT2D eigenvalue weighted by Crippen LogP contribution is -2.24.